The number of carbonyl (C=O) groups excluding carboxylic acids is 1. The molecule has 6 heteroatoms. The quantitative estimate of drug-likeness (QED) is 0.711. The van der Waals surface area contributed by atoms with Crippen molar-refractivity contribution < 1.29 is 4.79 Å². The monoisotopic (exact) mass is 271 g/mol. The lowest BCUT2D eigenvalue weighted by atomic mass is 10.3. The summed E-state index contributed by atoms with van der Waals surface area (Å²) in [6.45, 7) is 2.92. The molecule has 0 saturated carbocycles. The molecular weight excluding hydrogens is 254 g/mol. The lowest BCUT2D eigenvalue weighted by Gasteiger charge is -2.09. The van der Waals surface area contributed by atoms with Crippen molar-refractivity contribution in [2.45, 2.75) is 6.92 Å². The van der Waals surface area contributed by atoms with E-state index in [4.69, 9.17) is 5.73 Å². The van der Waals surface area contributed by atoms with Crippen LogP contribution < -0.4 is 16.4 Å². The van der Waals surface area contributed by atoms with Crippen molar-refractivity contribution in [3.05, 3.63) is 47.9 Å². The van der Waals surface area contributed by atoms with Gasteiger partial charge >= 0.3 is 0 Å². The van der Waals surface area contributed by atoms with E-state index in [9.17, 15) is 4.79 Å². The van der Waals surface area contributed by atoms with Gasteiger partial charge in [0.2, 0.25) is 0 Å². The van der Waals surface area contributed by atoms with Crippen LogP contribution in [0.5, 0.6) is 0 Å². The molecule has 0 radical (unpaired) electrons. The molecule has 1 amide bonds. The molecule has 0 bridgehead atoms. The van der Waals surface area contributed by atoms with Gasteiger partial charge in [0.1, 0.15) is 5.82 Å². The molecule has 0 fully saturated rings. The van der Waals surface area contributed by atoms with Crippen LogP contribution in [-0.4, -0.2) is 29.0 Å². The molecule has 2 aromatic rings. The number of hydrogen-bond donors (Lipinski definition) is 3. The number of anilines is 2. The Bertz CT molecular complexity index is 585. The maximum atomic E-state index is 11.8. The van der Waals surface area contributed by atoms with Crippen molar-refractivity contribution >= 4 is 17.4 Å². The third kappa shape index (κ3) is 3.68. The third-order valence-corrected chi connectivity index (χ3v) is 2.69. The molecule has 0 aromatic carbocycles. The van der Waals surface area contributed by atoms with Crippen molar-refractivity contribution in [1.29, 1.82) is 0 Å². The zero-order valence-corrected chi connectivity index (χ0v) is 11.3. The number of carbonyl (C=O) groups is 1. The van der Waals surface area contributed by atoms with Crippen LogP contribution in [0.25, 0.3) is 0 Å². The predicted octanol–water partition coefficient (Wildman–Crippen LogP) is 1.21. The highest BCUT2D eigenvalue weighted by atomic mass is 16.1. The van der Waals surface area contributed by atoms with Gasteiger partial charge in [-0.15, -0.1) is 0 Å². The summed E-state index contributed by atoms with van der Waals surface area (Å²) in [5.74, 6) is 0.491. The summed E-state index contributed by atoms with van der Waals surface area (Å²) in [5.41, 5.74) is 7.83. The van der Waals surface area contributed by atoms with Crippen LogP contribution in [0.1, 0.15) is 16.1 Å². The number of aryl methyl sites for hydroxylation is 1. The van der Waals surface area contributed by atoms with Crippen molar-refractivity contribution in [2.24, 2.45) is 0 Å². The van der Waals surface area contributed by atoms with Crippen LogP contribution >= 0.6 is 0 Å². The summed E-state index contributed by atoms with van der Waals surface area (Å²) < 4.78 is 0. The maximum absolute atomic E-state index is 11.8. The van der Waals surface area contributed by atoms with Crippen molar-refractivity contribution in [3.8, 4) is 0 Å². The lowest BCUT2D eigenvalue weighted by Crippen LogP contribution is -2.29. The molecular formula is C14H17N5O. The Labute approximate surface area is 117 Å². The topological polar surface area (TPSA) is 92.9 Å². The van der Waals surface area contributed by atoms with Gasteiger partial charge in [-0.25, -0.2) is 4.98 Å². The largest absolute Gasteiger partial charge is 0.396 e. The average molecular weight is 271 g/mol. The highest BCUT2D eigenvalue weighted by Gasteiger charge is 2.04. The Morgan fingerprint density at radius 1 is 1.30 bits per heavy atom. The van der Waals surface area contributed by atoms with Crippen LogP contribution in [0.15, 0.2) is 36.7 Å². The van der Waals surface area contributed by atoms with Crippen molar-refractivity contribution in [1.82, 2.24) is 15.3 Å². The molecule has 2 rings (SSSR count). The number of pyridine rings is 2. The van der Waals surface area contributed by atoms with Crippen LogP contribution in [0.2, 0.25) is 0 Å². The van der Waals surface area contributed by atoms with Gasteiger partial charge < -0.3 is 16.4 Å². The number of nitrogens with two attached hydrogens (primary N) is 1. The average Bonchev–Trinajstić information content (AvgIpc) is 2.47. The van der Waals surface area contributed by atoms with Crippen molar-refractivity contribution in [3.63, 3.8) is 0 Å². The molecule has 0 saturated heterocycles. The predicted molar refractivity (Wildman–Crippen MR) is 78.4 cm³/mol. The van der Waals surface area contributed by atoms with Gasteiger partial charge in [0.05, 0.1) is 11.3 Å². The van der Waals surface area contributed by atoms with Crippen molar-refractivity contribution in [2.75, 3.05) is 24.1 Å². The van der Waals surface area contributed by atoms with Gasteiger partial charge in [0.25, 0.3) is 5.91 Å². The minimum atomic E-state index is -0.148. The fraction of sp³-hybridized carbons (Fsp3) is 0.214. The molecule has 0 spiro atoms. The Morgan fingerprint density at radius 3 is 2.90 bits per heavy atom. The van der Waals surface area contributed by atoms with Crippen LogP contribution in [-0.2, 0) is 0 Å². The fourth-order valence-corrected chi connectivity index (χ4v) is 1.67. The van der Waals surface area contributed by atoms with E-state index >= 15 is 0 Å². The maximum Gasteiger partial charge on any atom is 0.252 e. The zero-order chi connectivity index (χ0) is 14.4. The van der Waals surface area contributed by atoms with Crippen LogP contribution in [0, 0.1) is 6.92 Å². The standard InChI is InChI=1S/C14H17N5O/c1-10-4-5-12(15)13(19-10)17-7-8-18-14(20)11-3-2-6-16-9-11/h2-6,9H,7-8,15H2,1H3,(H,17,19)(H,18,20). The summed E-state index contributed by atoms with van der Waals surface area (Å²) in [6, 6.07) is 7.10. The second kappa shape index (κ2) is 6.51. The summed E-state index contributed by atoms with van der Waals surface area (Å²) in [6.07, 6.45) is 3.16. The molecule has 20 heavy (non-hydrogen) atoms. The Kier molecular flexibility index (Phi) is 4.49. The summed E-state index contributed by atoms with van der Waals surface area (Å²) in [5, 5.41) is 5.89. The highest BCUT2D eigenvalue weighted by molar-refractivity contribution is 5.93. The van der Waals surface area contributed by atoms with E-state index in [0.717, 1.165) is 5.69 Å². The third-order valence-electron chi connectivity index (χ3n) is 2.69. The van der Waals surface area contributed by atoms with Gasteiger partial charge in [-0.2, -0.15) is 0 Å². The molecule has 0 unspecified atom stereocenters. The Hall–Kier alpha value is -2.63. The zero-order valence-electron chi connectivity index (χ0n) is 11.3. The number of amides is 1. The number of aromatic nitrogens is 2. The summed E-state index contributed by atoms with van der Waals surface area (Å²) in [7, 11) is 0. The molecule has 2 heterocycles. The SMILES string of the molecule is Cc1ccc(N)c(NCCNC(=O)c2cccnc2)n1. The second-order valence-corrected chi connectivity index (χ2v) is 4.31. The first-order valence-electron chi connectivity index (χ1n) is 6.32. The van der Waals surface area contributed by atoms with Gasteiger partial charge in [-0.1, -0.05) is 0 Å². The van der Waals surface area contributed by atoms with E-state index in [-0.39, 0.29) is 5.91 Å². The number of rotatable bonds is 5. The molecule has 0 aliphatic carbocycles. The van der Waals surface area contributed by atoms with E-state index in [0.29, 0.717) is 30.2 Å². The highest BCUT2D eigenvalue weighted by Crippen LogP contribution is 2.14. The molecule has 2 aromatic heterocycles. The number of nitrogens with zero attached hydrogens (tertiary/aromatic N) is 2. The first kappa shape index (κ1) is 13.8. The van der Waals surface area contributed by atoms with Gasteiger partial charge in [-0.3, -0.25) is 9.78 Å². The molecule has 0 aliphatic rings. The molecule has 0 atom stereocenters. The minimum absolute atomic E-state index is 0.148. The molecule has 104 valence electrons. The number of nitrogen functional groups attached to an aromatic ring is 1. The smallest absolute Gasteiger partial charge is 0.252 e. The fourth-order valence-electron chi connectivity index (χ4n) is 1.67. The molecule has 6 nitrogen and oxygen atoms in total. The first-order valence-corrected chi connectivity index (χ1v) is 6.32. The summed E-state index contributed by atoms with van der Waals surface area (Å²) >= 11 is 0. The van der Waals surface area contributed by atoms with Gasteiger partial charge in [0, 0.05) is 31.2 Å². The van der Waals surface area contributed by atoms with Crippen LogP contribution in [0.4, 0.5) is 11.5 Å². The number of nitrogens with one attached hydrogen (secondary N) is 2. The summed E-state index contributed by atoms with van der Waals surface area (Å²) in [4.78, 5) is 19.9. The van der Waals surface area contributed by atoms with E-state index in [1.54, 1.807) is 24.4 Å². The molecule has 0 aliphatic heterocycles. The van der Waals surface area contributed by atoms with E-state index < -0.39 is 0 Å². The first-order chi connectivity index (χ1) is 9.66. The van der Waals surface area contributed by atoms with E-state index in [1.807, 2.05) is 13.0 Å². The van der Waals surface area contributed by atoms with E-state index in [1.165, 1.54) is 6.20 Å². The Morgan fingerprint density at radius 2 is 2.15 bits per heavy atom. The number of hydrogen-bond acceptors (Lipinski definition) is 5. The van der Waals surface area contributed by atoms with Gasteiger partial charge in [0.15, 0.2) is 0 Å². The molecule has 4 N–H and O–H groups in total. The lowest BCUT2D eigenvalue weighted by molar-refractivity contribution is 0.0955. The van der Waals surface area contributed by atoms with E-state index in [2.05, 4.69) is 20.6 Å². The normalized spacial score (nSPS) is 10.1. The minimum Gasteiger partial charge on any atom is -0.396 e. The second-order valence-electron chi connectivity index (χ2n) is 4.31. The van der Waals surface area contributed by atoms with Crippen LogP contribution in [0.3, 0.4) is 0 Å². The van der Waals surface area contributed by atoms with Gasteiger partial charge in [-0.05, 0) is 31.2 Å². The Balaban J connectivity index is 1.79.